The van der Waals surface area contributed by atoms with E-state index in [0.29, 0.717) is 31.5 Å². The fraction of sp³-hybridized carbons (Fsp3) is 0.429. The molecule has 0 fully saturated rings. The van der Waals surface area contributed by atoms with Crippen molar-refractivity contribution >= 4 is 125 Å². The van der Waals surface area contributed by atoms with Gasteiger partial charge in [0.15, 0.2) is 11.1 Å². The van der Waals surface area contributed by atoms with E-state index in [9.17, 15) is 30.6 Å². The van der Waals surface area contributed by atoms with Crippen LogP contribution in [0.4, 0.5) is 0 Å². The van der Waals surface area contributed by atoms with E-state index in [-0.39, 0.29) is 22.3 Å². The molecule has 8 nitrogen and oxygen atoms in total. The molecule has 0 radical (unpaired) electrons. The topological polar surface area (TPSA) is 139 Å². The largest absolute Gasteiger partial charge is 0.298 e. The third-order valence-corrected chi connectivity index (χ3v) is 28.7. The summed E-state index contributed by atoms with van der Waals surface area (Å²) in [6, 6.07) is 41.0. The maximum Gasteiger partial charge on any atom is 0.269 e. The number of nitriles is 4. The average Bonchev–Trinajstić information content (AvgIpc) is 1.66. The van der Waals surface area contributed by atoms with Crippen LogP contribution >= 0.6 is 90.7 Å². The molecule has 8 aromatic heterocycles. The molecule has 0 aliphatic carbocycles. The Kier molecular flexibility index (Phi) is 29.2. The van der Waals surface area contributed by atoms with Crippen molar-refractivity contribution in [2.24, 2.45) is 0 Å². The lowest BCUT2D eigenvalue weighted by Gasteiger charge is -2.05. The first kappa shape index (κ1) is 75.9. The molecule has 0 N–H and O–H groups in total. The number of nitrogens with zero attached hydrogens (tertiary/aromatic N) is 6. The number of fused-ring (bicyclic) bond motifs is 1. The highest BCUT2D eigenvalue weighted by Crippen LogP contribution is 2.49. The fourth-order valence-electron chi connectivity index (χ4n) is 13.3. The Balaban J connectivity index is 0.961. The molecule has 0 saturated carbocycles. The summed E-state index contributed by atoms with van der Waals surface area (Å²) in [5, 5.41) is 41.5. The Hall–Kier alpha value is -6.80. The second kappa shape index (κ2) is 38.5. The minimum absolute atomic E-state index is 0.0291. The lowest BCUT2D eigenvalue weighted by Crippen LogP contribution is -2.31. The number of hydrogen-bond acceptors (Lipinski definition) is 14. The van der Waals surface area contributed by atoms with Gasteiger partial charge in [-0.25, -0.2) is 0 Å². The van der Waals surface area contributed by atoms with Crippen LogP contribution in [-0.4, -0.2) is 9.13 Å². The van der Waals surface area contributed by atoms with Gasteiger partial charge in [0.05, 0.1) is 9.06 Å². The minimum Gasteiger partial charge on any atom is -0.298 e. The second-order valence-electron chi connectivity index (χ2n) is 26.2. The van der Waals surface area contributed by atoms with E-state index in [1.165, 1.54) is 244 Å². The Labute approximate surface area is 624 Å². The Morgan fingerprint density at radius 3 is 0.950 bits per heavy atom. The van der Waals surface area contributed by atoms with Crippen LogP contribution in [0.15, 0.2) is 94.5 Å². The van der Waals surface area contributed by atoms with E-state index < -0.39 is 0 Å². The number of benzene rings is 2. The van der Waals surface area contributed by atoms with Gasteiger partial charge in [-0.05, 0) is 182 Å². The van der Waals surface area contributed by atoms with Gasteiger partial charge in [-0.2, -0.15) is 21.0 Å². The van der Waals surface area contributed by atoms with Crippen LogP contribution < -0.4 is 29.5 Å². The highest BCUT2D eigenvalue weighted by Gasteiger charge is 2.22. The van der Waals surface area contributed by atoms with Crippen molar-refractivity contribution in [2.75, 3.05) is 0 Å². The summed E-state index contributed by atoms with van der Waals surface area (Å²) < 4.78 is 5.04. The SMILES string of the molecule is CCCCCCCCc1cc(/C=c2\sc(=C(C#N)C#N)n(CC)c2=O)sc1-c1ccc(-c2sc(-c3ccc4cc(-c5cc(CCCCCCCC)c(-c6ccc(-c7sc(/C=c8/sc(=C(C#N)C#N)n(CC)c8=O)cc7CCCCCCCC)s6)s5)ccc4c3)cc2CCCCCCCC)s1. The summed E-state index contributed by atoms with van der Waals surface area (Å²) in [6.45, 7) is 13.6. The zero-order valence-electron chi connectivity index (χ0n) is 59.2. The zero-order valence-corrected chi connectivity index (χ0v) is 65.7. The van der Waals surface area contributed by atoms with E-state index in [0.717, 1.165) is 61.1 Å². The fourth-order valence-corrected chi connectivity index (χ4v) is 23.0. The first-order chi connectivity index (χ1) is 49.0. The van der Waals surface area contributed by atoms with Gasteiger partial charge in [0.2, 0.25) is 0 Å². The van der Waals surface area contributed by atoms with Crippen molar-refractivity contribution in [3.8, 4) is 84.2 Å². The van der Waals surface area contributed by atoms with Gasteiger partial charge < -0.3 is 0 Å². The summed E-state index contributed by atoms with van der Waals surface area (Å²) in [6.07, 6.45) is 37.5. The van der Waals surface area contributed by atoms with Crippen LogP contribution in [0, 0.1) is 45.3 Å². The van der Waals surface area contributed by atoms with Crippen LogP contribution in [0.2, 0.25) is 0 Å². The smallest absolute Gasteiger partial charge is 0.269 e. The lowest BCUT2D eigenvalue weighted by atomic mass is 10.0. The maximum atomic E-state index is 13.7. The van der Waals surface area contributed by atoms with Crippen LogP contribution in [0.25, 0.3) is 94.0 Å². The molecule has 520 valence electrons. The molecule has 0 spiro atoms. The van der Waals surface area contributed by atoms with Crippen molar-refractivity contribution in [1.29, 1.82) is 21.0 Å². The van der Waals surface area contributed by atoms with Gasteiger partial charge in [-0.15, -0.1) is 90.7 Å². The lowest BCUT2D eigenvalue weighted by molar-refractivity contribution is 0.608. The maximum absolute atomic E-state index is 13.7. The van der Waals surface area contributed by atoms with E-state index in [2.05, 4.69) is 113 Å². The minimum atomic E-state index is -0.160. The van der Waals surface area contributed by atoms with Crippen molar-refractivity contribution in [3.63, 3.8) is 0 Å². The summed E-state index contributed by atoms with van der Waals surface area (Å²) in [5.74, 6) is 0. The predicted molar refractivity (Wildman–Crippen MR) is 436 cm³/mol. The standard InChI is InChI=1S/C84H94N6O2S8/c1-7-13-17-21-25-29-33-61-47-67(51-75-81(91)89(11-5)83(99-75)65(53-85)54-86)93-77(61)69-41-43-71(95-69)79-63(35-31-27-23-19-15-9-3)49-73(97-79)59-39-37-58-46-60(40-38-57(58)45-59)74-50-64(36-32-28-24-20-16-10-4)80(98-74)72-44-42-70(96-72)78-62(34-30-26-22-18-14-8-2)48-68(94-78)52-76-82(92)90(12-6)84(100-76)66(55-87)56-88/h37-52H,7-36H2,1-6H3/b75-51-,76-52+. The number of thiophene rings is 6. The quantitative estimate of drug-likeness (QED) is 0.0353. The monoisotopic (exact) mass is 1470 g/mol. The zero-order chi connectivity index (χ0) is 70.3. The number of hydrogen-bond donors (Lipinski definition) is 0. The molecular weight excluding hydrogens is 1380 g/mol. The van der Waals surface area contributed by atoms with Crippen LogP contribution in [0.1, 0.15) is 228 Å². The number of thiazole rings is 2. The summed E-state index contributed by atoms with van der Waals surface area (Å²) >= 11 is 13.6. The number of unbranched alkanes of at least 4 members (excludes halogenated alkanes) is 20. The first-order valence-electron chi connectivity index (χ1n) is 36.8. The first-order valence-corrected chi connectivity index (χ1v) is 43.3. The van der Waals surface area contributed by atoms with Gasteiger partial charge in [0, 0.05) is 71.6 Å². The molecule has 0 aliphatic rings. The van der Waals surface area contributed by atoms with E-state index in [4.69, 9.17) is 0 Å². The molecule has 8 heterocycles. The molecule has 0 amide bonds. The van der Waals surface area contributed by atoms with Crippen molar-refractivity contribution in [1.82, 2.24) is 9.13 Å². The Bertz CT molecular complexity index is 4630. The third kappa shape index (κ3) is 19.1. The van der Waals surface area contributed by atoms with Crippen LogP contribution in [0.5, 0.6) is 0 Å². The molecule has 2 aromatic carbocycles. The number of rotatable bonds is 38. The molecule has 0 atom stereocenters. The molecule has 10 rings (SSSR count). The summed E-state index contributed by atoms with van der Waals surface area (Å²) in [5.41, 5.74) is 7.59. The number of aryl methyl sites for hydroxylation is 4. The molecule has 0 saturated heterocycles. The molecule has 10 aromatic rings. The van der Waals surface area contributed by atoms with Crippen LogP contribution in [0.3, 0.4) is 0 Å². The molecule has 0 aliphatic heterocycles. The highest BCUT2D eigenvalue weighted by molar-refractivity contribution is 7.28. The molecule has 0 bridgehead atoms. The van der Waals surface area contributed by atoms with E-state index in [1.54, 1.807) is 31.8 Å². The predicted octanol–water partition coefficient (Wildman–Crippen LogP) is 23.4. The number of aromatic nitrogens is 2. The molecule has 16 heteroatoms. The van der Waals surface area contributed by atoms with E-state index >= 15 is 0 Å². The van der Waals surface area contributed by atoms with Crippen molar-refractivity contribution in [2.45, 2.75) is 234 Å². The van der Waals surface area contributed by atoms with E-state index in [1.807, 2.05) is 95.6 Å². The van der Waals surface area contributed by atoms with Gasteiger partial charge in [-0.1, -0.05) is 180 Å². The summed E-state index contributed by atoms with van der Waals surface area (Å²) in [4.78, 5) is 42.4. The highest BCUT2D eigenvalue weighted by atomic mass is 32.1. The van der Waals surface area contributed by atoms with Gasteiger partial charge >= 0.3 is 0 Å². The normalized spacial score (nSPS) is 11.9. The molecule has 100 heavy (non-hydrogen) atoms. The average molecular weight is 1480 g/mol. The summed E-state index contributed by atoms with van der Waals surface area (Å²) in [7, 11) is 0. The third-order valence-electron chi connectivity index (χ3n) is 18.9. The van der Waals surface area contributed by atoms with Crippen molar-refractivity contribution < 1.29 is 0 Å². The van der Waals surface area contributed by atoms with Crippen molar-refractivity contribution in [3.05, 3.63) is 156 Å². The van der Waals surface area contributed by atoms with Gasteiger partial charge in [0.25, 0.3) is 11.1 Å². The molecule has 0 unspecified atom stereocenters. The Morgan fingerprint density at radius 2 is 0.640 bits per heavy atom. The Morgan fingerprint density at radius 1 is 0.340 bits per heavy atom. The van der Waals surface area contributed by atoms with Crippen LogP contribution in [-0.2, 0) is 38.8 Å². The van der Waals surface area contributed by atoms with Gasteiger partial charge in [-0.3, -0.25) is 18.7 Å². The van der Waals surface area contributed by atoms with Gasteiger partial charge in [0.1, 0.15) is 33.6 Å². The molecular formula is C84H94N6O2S8. The second-order valence-corrected chi connectivity index (χ2v) is 34.7.